The number of piperidine rings is 1. The van der Waals surface area contributed by atoms with Crippen molar-refractivity contribution in [1.82, 2.24) is 14.9 Å². The molecule has 2 aromatic carbocycles. The van der Waals surface area contributed by atoms with Gasteiger partial charge in [-0.2, -0.15) is 4.72 Å². The van der Waals surface area contributed by atoms with E-state index >= 15 is 0 Å². The number of amides is 2. The van der Waals surface area contributed by atoms with Crippen LogP contribution in [0.5, 0.6) is 0 Å². The zero-order valence-corrected chi connectivity index (χ0v) is 22.9. The van der Waals surface area contributed by atoms with Crippen molar-refractivity contribution in [2.45, 2.75) is 63.4 Å². The van der Waals surface area contributed by atoms with E-state index in [9.17, 15) is 27.9 Å². The van der Waals surface area contributed by atoms with Crippen molar-refractivity contribution in [2.24, 2.45) is 11.8 Å². The van der Waals surface area contributed by atoms with Crippen molar-refractivity contribution >= 4 is 27.8 Å². The molecule has 0 bridgehead atoms. The monoisotopic (exact) mass is 543 g/mol. The number of carbonyl (C=O) groups excluding carboxylic acids is 2. The van der Waals surface area contributed by atoms with E-state index in [1.807, 2.05) is 51.1 Å². The van der Waals surface area contributed by atoms with Gasteiger partial charge in [0.2, 0.25) is 21.8 Å². The molecule has 0 radical (unpaired) electrons. The maximum Gasteiger partial charge on any atom is 0.326 e. The molecule has 0 saturated carbocycles. The molecule has 1 saturated heterocycles. The van der Waals surface area contributed by atoms with E-state index in [4.69, 9.17) is 0 Å². The van der Waals surface area contributed by atoms with Gasteiger partial charge in [-0.25, -0.2) is 13.2 Å². The molecule has 38 heavy (non-hydrogen) atoms. The summed E-state index contributed by atoms with van der Waals surface area (Å²) in [7, 11) is -3.95. The van der Waals surface area contributed by atoms with Crippen LogP contribution >= 0.6 is 0 Å². The molecule has 2 atom stereocenters. The summed E-state index contributed by atoms with van der Waals surface area (Å²) in [4.78, 5) is 39.5. The molecule has 0 spiro atoms. The minimum Gasteiger partial charge on any atom is -0.480 e. The molecule has 1 fully saturated rings. The third kappa shape index (κ3) is 8.13. The van der Waals surface area contributed by atoms with Crippen molar-refractivity contribution in [1.29, 1.82) is 0 Å². The van der Waals surface area contributed by atoms with Gasteiger partial charge in [-0.05, 0) is 56.2 Å². The van der Waals surface area contributed by atoms with Crippen molar-refractivity contribution in [3.63, 3.8) is 0 Å². The molecular weight excluding hydrogens is 506 g/mol. The smallest absolute Gasteiger partial charge is 0.326 e. The van der Waals surface area contributed by atoms with Crippen LogP contribution in [0.1, 0.15) is 44.2 Å². The molecule has 0 unspecified atom stereocenters. The second-order valence-corrected chi connectivity index (χ2v) is 12.0. The van der Waals surface area contributed by atoms with Crippen LogP contribution in [-0.4, -0.2) is 61.4 Å². The van der Waals surface area contributed by atoms with E-state index in [2.05, 4.69) is 10.0 Å². The Kier molecular flexibility index (Phi) is 10.0. The van der Waals surface area contributed by atoms with E-state index in [1.165, 1.54) is 12.1 Å². The summed E-state index contributed by atoms with van der Waals surface area (Å²) < 4.78 is 28.8. The van der Waals surface area contributed by atoms with E-state index in [1.54, 1.807) is 17.0 Å². The van der Waals surface area contributed by atoms with Gasteiger partial charge in [-0.3, -0.25) is 9.59 Å². The number of carbonyl (C=O) groups is 3. The summed E-state index contributed by atoms with van der Waals surface area (Å²) in [5, 5.41) is 12.1. The number of sulfonamides is 1. The van der Waals surface area contributed by atoms with Gasteiger partial charge >= 0.3 is 5.97 Å². The first-order valence-corrected chi connectivity index (χ1v) is 14.4. The van der Waals surface area contributed by atoms with Gasteiger partial charge in [-0.15, -0.1) is 0 Å². The first-order chi connectivity index (χ1) is 18.0. The molecule has 1 aliphatic heterocycles. The summed E-state index contributed by atoms with van der Waals surface area (Å²) in [6, 6.07) is 13.7. The number of aliphatic carboxylic acids is 1. The number of hydrogen-bond donors (Lipinski definition) is 3. The van der Waals surface area contributed by atoms with Crippen molar-refractivity contribution in [2.75, 3.05) is 13.1 Å². The number of hydrogen-bond acceptors (Lipinski definition) is 5. The lowest BCUT2D eigenvalue weighted by Gasteiger charge is -2.34. The Hall–Kier alpha value is -3.24. The van der Waals surface area contributed by atoms with Crippen LogP contribution in [0.4, 0.5) is 0 Å². The van der Waals surface area contributed by atoms with E-state index < -0.39 is 34.0 Å². The summed E-state index contributed by atoms with van der Waals surface area (Å²) in [6.45, 7) is 6.20. The molecule has 10 heteroatoms. The lowest BCUT2D eigenvalue weighted by Crippen LogP contribution is -2.53. The molecular formula is C28H37N3O6S. The topological polar surface area (TPSA) is 133 Å². The van der Waals surface area contributed by atoms with Crippen LogP contribution < -0.4 is 10.0 Å². The number of rotatable bonds is 11. The zero-order valence-electron chi connectivity index (χ0n) is 22.1. The number of likely N-dealkylation sites (tertiary alicyclic amines) is 1. The maximum absolute atomic E-state index is 13.6. The fourth-order valence-electron chi connectivity index (χ4n) is 4.57. The molecule has 206 valence electrons. The number of carboxylic acids is 1. The summed E-state index contributed by atoms with van der Waals surface area (Å²) in [6.07, 6.45) is 1.25. The van der Waals surface area contributed by atoms with Crippen LogP contribution in [0.2, 0.25) is 0 Å². The Labute approximate surface area is 224 Å². The Balaban J connectivity index is 1.69. The van der Waals surface area contributed by atoms with Gasteiger partial charge in [0.25, 0.3) is 0 Å². The SMILES string of the molecule is Cc1ccc(S(=O)(=O)N[C@@H](Cc2ccccc2)C(=O)N2CCC(C(=O)N[C@@H](CC(C)C)C(=O)O)CC2)cc1. The third-order valence-corrected chi connectivity index (χ3v) is 8.20. The molecule has 2 amide bonds. The first-order valence-electron chi connectivity index (χ1n) is 12.9. The van der Waals surface area contributed by atoms with Gasteiger partial charge in [0, 0.05) is 19.0 Å². The van der Waals surface area contributed by atoms with Crippen LogP contribution in [0.15, 0.2) is 59.5 Å². The van der Waals surface area contributed by atoms with Crippen molar-refractivity contribution in [3.05, 3.63) is 65.7 Å². The molecule has 1 aliphatic rings. The second-order valence-electron chi connectivity index (χ2n) is 10.3. The quantitative estimate of drug-likeness (QED) is 0.399. The highest BCUT2D eigenvalue weighted by Gasteiger charge is 2.34. The largest absolute Gasteiger partial charge is 0.480 e. The molecule has 3 rings (SSSR count). The summed E-state index contributed by atoms with van der Waals surface area (Å²) >= 11 is 0. The number of carboxylic acid groups (broad SMARTS) is 1. The highest BCUT2D eigenvalue weighted by molar-refractivity contribution is 7.89. The molecule has 3 N–H and O–H groups in total. The first kappa shape index (κ1) is 29.3. The average Bonchev–Trinajstić information content (AvgIpc) is 2.88. The molecule has 0 aromatic heterocycles. The predicted molar refractivity (Wildman–Crippen MR) is 144 cm³/mol. The van der Waals surface area contributed by atoms with Gasteiger partial charge in [0.15, 0.2) is 0 Å². The average molecular weight is 544 g/mol. The van der Waals surface area contributed by atoms with Crippen LogP contribution in [0.3, 0.4) is 0 Å². The van der Waals surface area contributed by atoms with Gasteiger partial charge in [-0.1, -0.05) is 61.9 Å². The van der Waals surface area contributed by atoms with Crippen molar-refractivity contribution < 1.29 is 27.9 Å². The fraction of sp³-hybridized carbons (Fsp3) is 0.464. The molecule has 9 nitrogen and oxygen atoms in total. The standard InChI is InChI=1S/C28H37N3O6S/c1-19(2)17-25(28(34)35)29-26(32)22-13-15-31(16-14-22)27(33)24(18-21-7-5-4-6-8-21)30-38(36,37)23-11-9-20(3)10-12-23/h4-12,19,22,24-25,30H,13-18H2,1-3H3,(H,29,32)(H,34,35)/t24-,25-/m0/s1. The van der Waals surface area contributed by atoms with Gasteiger partial charge in [0.05, 0.1) is 4.90 Å². The minimum atomic E-state index is -3.95. The lowest BCUT2D eigenvalue weighted by atomic mass is 9.94. The van der Waals surface area contributed by atoms with E-state index in [-0.39, 0.29) is 42.1 Å². The summed E-state index contributed by atoms with van der Waals surface area (Å²) in [5.74, 6) is -2.05. The van der Waals surface area contributed by atoms with Crippen LogP contribution in [-0.2, 0) is 30.8 Å². The Morgan fingerprint density at radius 3 is 2.13 bits per heavy atom. The number of benzene rings is 2. The Bertz CT molecular complexity index is 1210. The Morgan fingerprint density at radius 2 is 1.58 bits per heavy atom. The maximum atomic E-state index is 13.6. The molecule has 2 aromatic rings. The Morgan fingerprint density at radius 1 is 0.974 bits per heavy atom. The van der Waals surface area contributed by atoms with Crippen LogP contribution in [0.25, 0.3) is 0 Å². The zero-order chi connectivity index (χ0) is 27.9. The van der Waals surface area contributed by atoms with Crippen molar-refractivity contribution in [3.8, 4) is 0 Å². The van der Waals surface area contributed by atoms with E-state index in [0.29, 0.717) is 19.3 Å². The van der Waals surface area contributed by atoms with Gasteiger partial charge < -0.3 is 15.3 Å². The normalized spacial score (nSPS) is 16.2. The number of aryl methyl sites for hydroxylation is 1. The third-order valence-electron chi connectivity index (χ3n) is 6.71. The number of nitrogens with one attached hydrogen (secondary N) is 2. The molecule has 0 aliphatic carbocycles. The second kappa shape index (κ2) is 13.0. The fourth-order valence-corrected chi connectivity index (χ4v) is 5.76. The van der Waals surface area contributed by atoms with Crippen LogP contribution in [0, 0.1) is 18.8 Å². The van der Waals surface area contributed by atoms with Gasteiger partial charge in [0.1, 0.15) is 12.1 Å². The lowest BCUT2D eigenvalue weighted by molar-refractivity contribution is -0.143. The number of nitrogens with zero attached hydrogens (tertiary/aromatic N) is 1. The minimum absolute atomic E-state index is 0.0822. The predicted octanol–water partition coefficient (Wildman–Crippen LogP) is 2.74. The highest BCUT2D eigenvalue weighted by Crippen LogP contribution is 2.21. The highest BCUT2D eigenvalue weighted by atomic mass is 32.2. The summed E-state index contributed by atoms with van der Waals surface area (Å²) in [5.41, 5.74) is 1.74. The van der Waals surface area contributed by atoms with E-state index in [0.717, 1.165) is 11.1 Å². The molecule has 1 heterocycles.